The van der Waals surface area contributed by atoms with Crippen LogP contribution in [0.2, 0.25) is 5.02 Å². The van der Waals surface area contributed by atoms with Gasteiger partial charge in [0.05, 0.1) is 40.6 Å². The maximum absolute atomic E-state index is 12.9. The molecular formula is C22H16ClN3O5. The average molecular weight is 438 g/mol. The van der Waals surface area contributed by atoms with Crippen molar-refractivity contribution in [3.05, 3.63) is 81.1 Å². The Bertz CT molecular complexity index is 1240. The first kappa shape index (κ1) is 20.4. The zero-order valence-electron chi connectivity index (χ0n) is 16.5. The molecule has 0 bridgehead atoms. The van der Waals surface area contributed by atoms with Crippen LogP contribution in [0.4, 0.5) is 11.4 Å². The van der Waals surface area contributed by atoms with E-state index in [0.29, 0.717) is 44.8 Å². The normalized spacial score (nSPS) is 14.8. The Kier molecular flexibility index (Phi) is 5.31. The molecule has 0 saturated carbocycles. The lowest BCUT2D eigenvalue weighted by molar-refractivity contribution is -0.384. The number of anilines is 1. The number of carbonyl (C=O) groups is 1. The number of benzene rings is 2. The van der Waals surface area contributed by atoms with Gasteiger partial charge in [0.15, 0.2) is 0 Å². The maximum Gasteiger partial charge on any atom is 0.284 e. The summed E-state index contributed by atoms with van der Waals surface area (Å²) in [5.74, 6) is 0.731. The Hall–Kier alpha value is -3.91. The van der Waals surface area contributed by atoms with Crippen LogP contribution < -0.4 is 9.75 Å². The first-order chi connectivity index (χ1) is 14.9. The monoisotopic (exact) mass is 437 g/mol. The molecule has 0 saturated heterocycles. The molecule has 1 aromatic heterocycles. The van der Waals surface area contributed by atoms with Crippen molar-refractivity contribution in [3.63, 3.8) is 0 Å². The molecule has 0 radical (unpaired) electrons. The minimum absolute atomic E-state index is 0.142. The van der Waals surface area contributed by atoms with Gasteiger partial charge < -0.3 is 9.15 Å². The number of furan rings is 1. The second kappa shape index (κ2) is 8.08. The van der Waals surface area contributed by atoms with Crippen LogP contribution in [0, 0.1) is 10.1 Å². The first-order valence-corrected chi connectivity index (χ1v) is 9.55. The zero-order valence-corrected chi connectivity index (χ0v) is 17.3. The Balaban J connectivity index is 1.65. The fourth-order valence-corrected chi connectivity index (χ4v) is 3.28. The molecule has 2 heterocycles. The predicted molar refractivity (Wildman–Crippen MR) is 117 cm³/mol. The minimum atomic E-state index is -0.500. The number of hydrogen-bond acceptors (Lipinski definition) is 6. The van der Waals surface area contributed by atoms with Gasteiger partial charge in [-0.15, -0.1) is 0 Å². The van der Waals surface area contributed by atoms with Crippen molar-refractivity contribution in [2.24, 2.45) is 5.10 Å². The highest BCUT2D eigenvalue weighted by Crippen LogP contribution is 2.35. The number of hydrazone groups is 1. The summed E-state index contributed by atoms with van der Waals surface area (Å²) in [7, 11) is 1.44. The molecule has 0 spiro atoms. The van der Waals surface area contributed by atoms with Gasteiger partial charge in [0.25, 0.3) is 11.6 Å². The molecule has 3 aromatic rings. The smallest absolute Gasteiger partial charge is 0.284 e. The average Bonchev–Trinajstić information content (AvgIpc) is 3.34. The lowest BCUT2D eigenvalue weighted by Crippen LogP contribution is -2.21. The number of nitrogens with zero attached hydrogens (tertiary/aromatic N) is 3. The van der Waals surface area contributed by atoms with Gasteiger partial charge in [-0.05, 0) is 61.5 Å². The van der Waals surface area contributed by atoms with E-state index in [1.54, 1.807) is 61.5 Å². The first-order valence-electron chi connectivity index (χ1n) is 9.17. The van der Waals surface area contributed by atoms with Gasteiger partial charge in [-0.2, -0.15) is 10.1 Å². The van der Waals surface area contributed by atoms with E-state index in [9.17, 15) is 14.9 Å². The highest BCUT2D eigenvalue weighted by molar-refractivity contribution is 6.32. The standard InChI is InChI=1S/C22H16ClN3O5/c1-13-19(22(27)25(24-13)15-5-3-14(23)4-6-15)11-17-8-10-21(31-17)18-9-7-16(30-2)12-20(18)26(28)29/h3-12H,1-2H3/b19-11+. The van der Waals surface area contributed by atoms with Crippen molar-refractivity contribution in [3.8, 4) is 17.1 Å². The van der Waals surface area contributed by atoms with Crippen molar-refractivity contribution in [1.82, 2.24) is 0 Å². The number of carbonyl (C=O) groups excluding carboxylic acids is 1. The number of halogens is 1. The maximum atomic E-state index is 12.9. The Morgan fingerprint density at radius 2 is 1.90 bits per heavy atom. The van der Waals surface area contributed by atoms with E-state index in [-0.39, 0.29) is 11.6 Å². The molecule has 0 aliphatic carbocycles. The fraction of sp³-hybridized carbons (Fsp3) is 0.0909. The van der Waals surface area contributed by atoms with Crippen LogP contribution in [0.3, 0.4) is 0 Å². The number of nitro benzene ring substituents is 1. The van der Waals surface area contributed by atoms with Crippen LogP contribution in [-0.2, 0) is 4.79 Å². The van der Waals surface area contributed by atoms with Crippen LogP contribution in [-0.4, -0.2) is 23.7 Å². The Morgan fingerprint density at radius 3 is 2.58 bits per heavy atom. The number of nitro groups is 1. The highest BCUT2D eigenvalue weighted by Gasteiger charge is 2.29. The van der Waals surface area contributed by atoms with Crippen molar-refractivity contribution < 1.29 is 18.9 Å². The van der Waals surface area contributed by atoms with Crippen molar-refractivity contribution in [2.45, 2.75) is 6.92 Å². The van der Waals surface area contributed by atoms with Crippen molar-refractivity contribution in [2.75, 3.05) is 12.1 Å². The lowest BCUT2D eigenvalue weighted by Gasteiger charge is -2.11. The SMILES string of the molecule is COc1ccc(-c2ccc(/C=C3/C(=O)N(c4ccc(Cl)cc4)N=C3C)o2)c([N+](=O)[O-])c1. The van der Waals surface area contributed by atoms with Crippen molar-refractivity contribution >= 4 is 40.7 Å². The molecule has 31 heavy (non-hydrogen) atoms. The second-order valence-electron chi connectivity index (χ2n) is 6.68. The van der Waals surface area contributed by atoms with E-state index < -0.39 is 4.92 Å². The van der Waals surface area contributed by atoms with Gasteiger partial charge in [-0.25, -0.2) is 0 Å². The molecule has 9 heteroatoms. The van der Waals surface area contributed by atoms with Gasteiger partial charge in [-0.3, -0.25) is 14.9 Å². The lowest BCUT2D eigenvalue weighted by atomic mass is 10.1. The molecule has 0 N–H and O–H groups in total. The molecule has 2 aromatic carbocycles. The predicted octanol–water partition coefficient (Wildman–Crippen LogP) is 5.32. The van der Waals surface area contributed by atoms with E-state index >= 15 is 0 Å². The van der Waals surface area contributed by atoms with E-state index in [1.165, 1.54) is 18.2 Å². The summed E-state index contributed by atoms with van der Waals surface area (Å²) in [5, 5.41) is 17.6. The van der Waals surface area contributed by atoms with Crippen molar-refractivity contribution in [1.29, 1.82) is 0 Å². The number of methoxy groups -OCH3 is 1. The number of amides is 1. The topological polar surface area (TPSA) is 98.2 Å². The molecule has 8 nitrogen and oxygen atoms in total. The Labute approximate surface area is 182 Å². The molecule has 156 valence electrons. The third kappa shape index (κ3) is 3.93. The number of rotatable bonds is 5. The number of hydrogen-bond donors (Lipinski definition) is 0. The summed E-state index contributed by atoms with van der Waals surface area (Å²) in [6.07, 6.45) is 1.57. The summed E-state index contributed by atoms with van der Waals surface area (Å²) >= 11 is 5.91. The summed E-state index contributed by atoms with van der Waals surface area (Å²) in [5.41, 5.74) is 1.64. The third-order valence-electron chi connectivity index (χ3n) is 4.71. The summed E-state index contributed by atoms with van der Waals surface area (Å²) in [6, 6.07) is 14.5. The molecule has 1 amide bonds. The van der Waals surface area contributed by atoms with Crippen LogP contribution in [0.15, 0.2) is 69.7 Å². The van der Waals surface area contributed by atoms with Crippen LogP contribution in [0.25, 0.3) is 17.4 Å². The van der Waals surface area contributed by atoms with Gasteiger partial charge in [-0.1, -0.05) is 11.6 Å². The molecular weight excluding hydrogens is 422 g/mol. The highest BCUT2D eigenvalue weighted by atomic mass is 35.5. The second-order valence-corrected chi connectivity index (χ2v) is 7.12. The minimum Gasteiger partial charge on any atom is -0.497 e. The molecule has 1 aliphatic rings. The van der Waals surface area contributed by atoms with Gasteiger partial charge in [0.1, 0.15) is 17.3 Å². The summed E-state index contributed by atoms with van der Waals surface area (Å²) < 4.78 is 10.8. The van der Waals surface area contributed by atoms with Crippen LogP contribution >= 0.6 is 11.6 Å². The van der Waals surface area contributed by atoms with E-state index in [0.717, 1.165) is 0 Å². The van der Waals surface area contributed by atoms with E-state index in [1.807, 2.05) is 0 Å². The van der Waals surface area contributed by atoms with Gasteiger partial charge in [0.2, 0.25) is 0 Å². The third-order valence-corrected chi connectivity index (χ3v) is 4.97. The summed E-state index contributed by atoms with van der Waals surface area (Å²) in [6.45, 7) is 1.72. The fourth-order valence-electron chi connectivity index (χ4n) is 3.16. The Morgan fingerprint density at radius 1 is 1.16 bits per heavy atom. The van der Waals surface area contributed by atoms with Crippen LogP contribution in [0.1, 0.15) is 12.7 Å². The zero-order chi connectivity index (χ0) is 22.1. The largest absolute Gasteiger partial charge is 0.497 e. The quantitative estimate of drug-likeness (QED) is 0.305. The summed E-state index contributed by atoms with van der Waals surface area (Å²) in [4.78, 5) is 23.8. The number of ether oxygens (including phenoxy) is 1. The van der Waals surface area contributed by atoms with E-state index in [4.69, 9.17) is 20.8 Å². The van der Waals surface area contributed by atoms with E-state index in [2.05, 4.69) is 5.10 Å². The molecule has 4 rings (SSSR count). The van der Waals surface area contributed by atoms with Crippen LogP contribution in [0.5, 0.6) is 5.75 Å². The molecule has 0 fully saturated rings. The molecule has 0 atom stereocenters. The molecule has 1 aliphatic heterocycles. The molecule has 0 unspecified atom stereocenters. The van der Waals surface area contributed by atoms with Gasteiger partial charge in [0, 0.05) is 5.02 Å². The van der Waals surface area contributed by atoms with Gasteiger partial charge >= 0.3 is 0 Å².